The van der Waals surface area contributed by atoms with Crippen molar-refractivity contribution in [3.05, 3.63) is 30.0 Å². The van der Waals surface area contributed by atoms with Crippen molar-refractivity contribution in [3.8, 4) is 5.75 Å². The molecule has 2 aromatic rings. The maximum Gasteiger partial charge on any atom is 0.227 e. The molecule has 5 nitrogen and oxygen atoms in total. The Kier molecular flexibility index (Phi) is 4.34. The van der Waals surface area contributed by atoms with Crippen LogP contribution in [0.4, 0.5) is 0 Å². The van der Waals surface area contributed by atoms with E-state index >= 15 is 0 Å². The number of carbonyl (C=O) groups excluding carboxylic acids is 1. The lowest BCUT2D eigenvalue weighted by Gasteiger charge is -2.24. The Morgan fingerprint density at radius 2 is 2.36 bits per heavy atom. The van der Waals surface area contributed by atoms with Gasteiger partial charge in [-0.2, -0.15) is 0 Å². The first-order valence-corrected chi connectivity index (χ1v) is 7.71. The van der Waals surface area contributed by atoms with Crippen molar-refractivity contribution in [3.63, 3.8) is 0 Å². The Morgan fingerprint density at radius 1 is 1.50 bits per heavy atom. The van der Waals surface area contributed by atoms with Crippen LogP contribution < -0.4 is 10.1 Å². The minimum Gasteiger partial charge on any atom is -0.497 e. The lowest BCUT2D eigenvalue weighted by molar-refractivity contribution is -0.131. The van der Waals surface area contributed by atoms with Crippen molar-refractivity contribution in [2.24, 2.45) is 0 Å². The van der Waals surface area contributed by atoms with Crippen molar-refractivity contribution in [1.82, 2.24) is 10.2 Å². The zero-order chi connectivity index (χ0) is 15.5. The van der Waals surface area contributed by atoms with Crippen molar-refractivity contribution in [2.75, 3.05) is 27.2 Å². The molecule has 0 aliphatic carbocycles. The molecule has 0 saturated carbocycles. The van der Waals surface area contributed by atoms with Gasteiger partial charge in [0.2, 0.25) is 5.91 Å². The van der Waals surface area contributed by atoms with E-state index < -0.39 is 0 Å². The van der Waals surface area contributed by atoms with Gasteiger partial charge in [-0.1, -0.05) is 0 Å². The maximum absolute atomic E-state index is 12.6. The topological polar surface area (TPSA) is 54.7 Å². The fourth-order valence-corrected chi connectivity index (χ4v) is 3.20. The monoisotopic (exact) mass is 302 g/mol. The second kappa shape index (κ2) is 6.40. The smallest absolute Gasteiger partial charge is 0.227 e. The average molecular weight is 302 g/mol. The molecule has 1 amide bonds. The first kappa shape index (κ1) is 14.9. The molecule has 1 aromatic heterocycles. The standard InChI is InChI=1S/C17H22N2O3/c1-18-10-13-4-3-7-19(13)17(20)8-12-11-22-16-9-14(21-2)5-6-15(12)16/h5-6,9,11,13,18H,3-4,7-8,10H2,1-2H3. The molecule has 0 bridgehead atoms. The van der Waals surface area contributed by atoms with E-state index in [2.05, 4.69) is 5.32 Å². The minimum absolute atomic E-state index is 0.177. The van der Waals surface area contributed by atoms with Crippen molar-refractivity contribution in [1.29, 1.82) is 0 Å². The van der Waals surface area contributed by atoms with Gasteiger partial charge in [0.1, 0.15) is 11.3 Å². The SMILES string of the molecule is CNCC1CCCN1C(=O)Cc1coc2cc(OC)ccc12. The average Bonchev–Trinajstić information content (AvgIpc) is 3.14. The Labute approximate surface area is 130 Å². The van der Waals surface area contributed by atoms with E-state index in [4.69, 9.17) is 9.15 Å². The number of fused-ring (bicyclic) bond motifs is 1. The fourth-order valence-electron chi connectivity index (χ4n) is 3.20. The number of amides is 1. The van der Waals surface area contributed by atoms with Gasteiger partial charge in [-0.25, -0.2) is 0 Å². The summed E-state index contributed by atoms with van der Waals surface area (Å²) in [4.78, 5) is 14.6. The van der Waals surface area contributed by atoms with Crippen LogP contribution in [-0.4, -0.2) is 44.1 Å². The Bertz CT molecular complexity index is 665. The molecule has 22 heavy (non-hydrogen) atoms. The predicted molar refractivity (Wildman–Crippen MR) is 85.1 cm³/mol. The van der Waals surface area contributed by atoms with E-state index in [-0.39, 0.29) is 5.91 Å². The number of hydrogen-bond donors (Lipinski definition) is 1. The van der Waals surface area contributed by atoms with Gasteiger partial charge in [-0.15, -0.1) is 0 Å². The number of hydrogen-bond acceptors (Lipinski definition) is 4. The van der Waals surface area contributed by atoms with Gasteiger partial charge >= 0.3 is 0 Å². The first-order valence-electron chi connectivity index (χ1n) is 7.71. The fraction of sp³-hybridized carbons (Fsp3) is 0.471. The number of likely N-dealkylation sites (tertiary alicyclic amines) is 1. The number of methoxy groups -OCH3 is 1. The number of carbonyl (C=O) groups is 1. The number of likely N-dealkylation sites (N-methyl/N-ethyl adjacent to an activating group) is 1. The Morgan fingerprint density at radius 3 is 3.14 bits per heavy atom. The lowest BCUT2D eigenvalue weighted by atomic mass is 10.1. The molecule has 2 heterocycles. The van der Waals surface area contributed by atoms with Crippen LogP contribution in [0.15, 0.2) is 28.9 Å². The van der Waals surface area contributed by atoms with Crippen molar-refractivity contribution in [2.45, 2.75) is 25.3 Å². The van der Waals surface area contributed by atoms with E-state index in [9.17, 15) is 4.79 Å². The second-order valence-electron chi connectivity index (χ2n) is 5.74. The molecule has 1 N–H and O–H groups in total. The minimum atomic E-state index is 0.177. The molecule has 0 spiro atoms. The van der Waals surface area contributed by atoms with Gasteiger partial charge in [0.15, 0.2) is 0 Å². The van der Waals surface area contributed by atoms with Crippen molar-refractivity contribution >= 4 is 16.9 Å². The largest absolute Gasteiger partial charge is 0.497 e. The highest BCUT2D eigenvalue weighted by atomic mass is 16.5. The highest BCUT2D eigenvalue weighted by molar-refractivity contribution is 5.88. The third kappa shape index (κ3) is 2.81. The van der Waals surface area contributed by atoms with Crippen LogP contribution in [0.25, 0.3) is 11.0 Å². The maximum atomic E-state index is 12.6. The summed E-state index contributed by atoms with van der Waals surface area (Å²) >= 11 is 0. The van der Waals surface area contributed by atoms with Crippen LogP contribution in [0.3, 0.4) is 0 Å². The molecule has 1 atom stereocenters. The summed E-state index contributed by atoms with van der Waals surface area (Å²) in [7, 11) is 3.56. The summed E-state index contributed by atoms with van der Waals surface area (Å²) in [5, 5.41) is 4.15. The van der Waals surface area contributed by atoms with Gasteiger partial charge in [-0.3, -0.25) is 4.79 Å². The molecule has 1 saturated heterocycles. The molecule has 118 valence electrons. The van der Waals surface area contributed by atoms with E-state index in [1.54, 1.807) is 13.4 Å². The lowest BCUT2D eigenvalue weighted by Crippen LogP contribution is -2.41. The van der Waals surface area contributed by atoms with Crippen molar-refractivity contribution < 1.29 is 13.9 Å². The van der Waals surface area contributed by atoms with E-state index in [1.165, 1.54) is 0 Å². The number of ether oxygens (including phenoxy) is 1. The number of nitrogens with one attached hydrogen (secondary N) is 1. The predicted octanol–water partition coefficient (Wildman–Crippen LogP) is 2.19. The zero-order valence-electron chi connectivity index (χ0n) is 13.1. The normalized spacial score (nSPS) is 18.1. The van der Waals surface area contributed by atoms with Gasteiger partial charge in [0, 0.05) is 36.1 Å². The summed E-state index contributed by atoms with van der Waals surface area (Å²) < 4.78 is 10.8. The molecule has 1 aliphatic rings. The second-order valence-corrected chi connectivity index (χ2v) is 5.74. The van der Waals surface area contributed by atoms with Crippen LogP contribution in [0.1, 0.15) is 18.4 Å². The van der Waals surface area contributed by atoms with Crippen LogP contribution in [-0.2, 0) is 11.2 Å². The van der Waals surface area contributed by atoms with Gasteiger partial charge in [-0.05, 0) is 32.0 Å². The third-order valence-corrected chi connectivity index (χ3v) is 4.34. The van der Waals surface area contributed by atoms with Crippen LogP contribution in [0, 0.1) is 0 Å². The zero-order valence-corrected chi connectivity index (χ0v) is 13.1. The highest BCUT2D eigenvalue weighted by Crippen LogP contribution is 2.27. The molecule has 1 aromatic carbocycles. The molecule has 0 radical (unpaired) electrons. The molecular weight excluding hydrogens is 280 g/mol. The van der Waals surface area contributed by atoms with Gasteiger partial charge in [0.05, 0.1) is 19.8 Å². The molecule has 1 fully saturated rings. The molecular formula is C17H22N2O3. The number of benzene rings is 1. The van der Waals surface area contributed by atoms with Crippen LogP contribution in [0.5, 0.6) is 5.75 Å². The summed E-state index contributed by atoms with van der Waals surface area (Å²) in [5.41, 5.74) is 1.70. The number of nitrogens with zero attached hydrogens (tertiary/aromatic N) is 1. The third-order valence-electron chi connectivity index (χ3n) is 4.34. The summed E-state index contributed by atoms with van der Waals surface area (Å²) in [6.45, 7) is 1.71. The first-order chi connectivity index (χ1) is 10.7. The Hall–Kier alpha value is -2.01. The van der Waals surface area contributed by atoms with E-state index in [0.717, 1.165) is 48.2 Å². The van der Waals surface area contributed by atoms with Crippen LogP contribution >= 0.6 is 0 Å². The molecule has 1 aliphatic heterocycles. The van der Waals surface area contributed by atoms with E-state index in [0.29, 0.717) is 12.5 Å². The summed E-state index contributed by atoms with van der Waals surface area (Å²) in [6.07, 6.45) is 4.24. The molecule has 3 rings (SSSR count). The number of rotatable bonds is 5. The molecule has 1 unspecified atom stereocenters. The quantitative estimate of drug-likeness (QED) is 0.920. The number of furan rings is 1. The summed E-state index contributed by atoms with van der Waals surface area (Å²) in [5.74, 6) is 0.935. The summed E-state index contributed by atoms with van der Waals surface area (Å²) in [6, 6.07) is 6.01. The van der Waals surface area contributed by atoms with Crippen LogP contribution in [0.2, 0.25) is 0 Å². The Balaban J connectivity index is 1.76. The van der Waals surface area contributed by atoms with E-state index in [1.807, 2.05) is 30.1 Å². The van der Waals surface area contributed by atoms with Gasteiger partial charge in [0.25, 0.3) is 0 Å². The molecule has 5 heteroatoms. The van der Waals surface area contributed by atoms with Gasteiger partial charge < -0.3 is 19.4 Å². The highest BCUT2D eigenvalue weighted by Gasteiger charge is 2.28.